The van der Waals surface area contributed by atoms with Gasteiger partial charge in [-0.3, -0.25) is 15.4 Å². The molecule has 2 rings (SSSR count). The average molecular weight is 303 g/mol. The Balaban J connectivity index is 2.30. The van der Waals surface area contributed by atoms with E-state index in [0.717, 1.165) is 0 Å². The van der Waals surface area contributed by atoms with Gasteiger partial charge in [0.05, 0.1) is 18.1 Å². The molecule has 2 aromatic rings. The van der Waals surface area contributed by atoms with E-state index >= 15 is 0 Å². The van der Waals surface area contributed by atoms with Crippen LogP contribution < -0.4 is 15.4 Å². The van der Waals surface area contributed by atoms with Crippen molar-refractivity contribution >= 4 is 28.8 Å². The molecular formula is C14H13N3O5. The van der Waals surface area contributed by atoms with E-state index in [1.165, 1.54) is 25.3 Å². The molecule has 8 heteroatoms. The molecule has 0 aliphatic heterocycles. The monoisotopic (exact) mass is 303 g/mol. The molecule has 0 radical (unpaired) electrons. The van der Waals surface area contributed by atoms with Crippen LogP contribution in [0.15, 0.2) is 42.5 Å². The number of nitrogens with one attached hydrogen (secondary N) is 2. The maximum Gasteiger partial charge on any atom is 0.409 e. The topological polar surface area (TPSA) is 114 Å². The van der Waals surface area contributed by atoms with Crippen molar-refractivity contribution in [2.45, 2.75) is 0 Å². The van der Waals surface area contributed by atoms with E-state index in [9.17, 15) is 14.9 Å². The third-order valence-corrected chi connectivity index (χ3v) is 2.79. The van der Waals surface area contributed by atoms with Crippen molar-refractivity contribution in [3.63, 3.8) is 0 Å². The zero-order chi connectivity index (χ0) is 16.1. The number of methoxy groups -OCH3 is 1. The molecule has 0 atom stereocenters. The molecule has 0 aliphatic rings. The summed E-state index contributed by atoms with van der Waals surface area (Å²) in [5.41, 5.74) is 1.00. The number of carboxylic acid groups (broad SMARTS) is 1. The SMILES string of the molecule is COc1ccc(Nc2cccc(NC(=O)O)c2)c([N+](=O)[O-])c1. The minimum Gasteiger partial charge on any atom is -0.496 e. The third-order valence-electron chi connectivity index (χ3n) is 2.79. The lowest BCUT2D eigenvalue weighted by Crippen LogP contribution is -2.07. The van der Waals surface area contributed by atoms with Gasteiger partial charge in [0.2, 0.25) is 0 Å². The van der Waals surface area contributed by atoms with Crippen molar-refractivity contribution in [1.82, 2.24) is 0 Å². The number of amides is 1. The van der Waals surface area contributed by atoms with Gasteiger partial charge in [-0.1, -0.05) is 6.07 Å². The van der Waals surface area contributed by atoms with Crippen LogP contribution in [0.5, 0.6) is 5.75 Å². The van der Waals surface area contributed by atoms with Gasteiger partial charge in [0.1, 0.15) is 11.4 Å². The summed E-state index contributed by atoms with van der Waals surface area (Å²) in [6.07, 6.45) is -1.19. The summed E-state index contributed by atoms with van der Waals surface area (Å²) in [6.45, 7) is 0. The molecule has 0 bridgehead atoms. The quantitative estimate of drug-likeness (QED) is 0.576. The number of anilines is 3. The molecule has 0 heterocycles. The molecule has 0 fully saturated rings. The zero-order valence-electron chi connectivity index (χ0n) is 11.6. The molecule has 8 nitrogen and oxygen atoms in total. The van der Waals surface area contributed by atoms with Gasteiger partial charge < -0.3 is 15.2 Å². The van der Waals surface area contributed by atoms with Crippen LogP contribution in [0.2, 0.25) is 0 Å². The normalized spacial score (nSPS) is 9.86. The number of nitrogens with zero attached hydrogens (tertiary/aromatic N) is 1. The number of nitro benzene ring substituents is 1. The molecule has 22 heavy (non-hydrogen) atoms. The molecule has 0 unspecified atom stereocenters. The first-order valence-corrected chi connectivity index (χ1v) is 6.19. The van der Waals surface area contributed by atoms with Crippen LogP contribution in [0.1, 0.15) is 0 Å². The summed E-state index contributed by atoms with van der Waals surface area (Å²) in [4.78, 5) is 21.2. The van der Waals surface area contributed by atoms with Crippen LogP contribution in [0.4, 0.5) is 27.5 Å². The van der Waals surface area contributed by atoms with Crippen LogP contribution in [0, 0.1) is 10.1 Å². The fraction of sp³-hybridized carbons (Fsp3) is 0.0714. The molecule has 0 spiro atoms. The average Bonchev–Trinajstić information content (AvgIpc) is 2.47. The van der Waals surface area contributed by atoms with Crippen LogP contribution >= 0.6 is 0 Å². The summed E-state index contributed by atoms with van der Waals surface area (Å²) >= 11 is 0. The van der Waals surface area contributed by atoms with Crippen LogP contribution in [0.3, 0.4) is 0 Å². The highest BCUT2D eigenvalue weighted by Crippen LogP contribution is 2.31. The molecule has 3 N–H and O–H groups in total. The number of hydrogen-bond acceptors (Lipinski definition) is 5. The fourth-order valence-corrected chi connectivity index (χ4v) is 1.85. The predicted molar refractivity (Wildman–Crippen MR) is 81.0 cm³/mol. The van der Waals surface area contributed by atoms with Crippen molar-refractivity contribution in [3.05, 3.63) is 52.6 Å². The van der Waals surface area contributed by atoms with E-state index in [1.54, 1.807) is 24.3 Å². The van der Waals surface area contributed by atoms with E-state index in [1.807, 2.05) is 0 Å². The number of benzene rings is 2. The Morgan fingerprint density at radius 1 is 1.23 bits per heavy atom. The molecule has 1 amide bonds. The Bertz CT molecular complexity index is 717. The highest BCUT2D eigenvalue weighted by atomic mass is 16.6. The largest absolute Gasteiger partial charge is 0.496 e. The van der Waals surface area contributed by atoms with Gasteiger partial charge in [0, 0.05) is 11.4 Å². The Kier molecular flexibility index (Phi) is 4.42. The minimum absolute atomic E-state index is 0.143. The first-order valence-electron chi connectivity index (χ1n) is 6.19. The van der Waals surface area contributed by atoms with Gasteiger partial charge in [-0.25, -0.2) is 4.79 Å². The summed E-state index contributed by atoms with van der Waals surface area (Å²) in [5.74, 6) is 0.374. The maximum absolute atomic E-state index is 11.1. The Hall–Kier alpha value is -3.29. The molecule has 2 aromatic carbocycles. The number of ether oxygens (including phenoxy) is 1. The lowest BCUT2D eigenvalue weighted by molar-refractivity contribution is -0.384. The Morgan fingerprint density at radius 2 is 1.95 bits per heavy atom. The number of rotatable bonds is 5. The van der Waals surface area contributed by atoms with E-state index in [0.29, 0.717) is 17.1 Å². The molecule has 0 saturated heterocycles. The van der Waals surface area contributed by atoms with Gasteiger partial charge in [0.15, 0.2) is 0 Å². The van der Waals surface area contributed by atoms with Crippen molar-refractivity contribution in [3.8, 4) is 5.75 Å². The van der Waals surface area contributed by atoms with Gasteiger partial charge in [0.25, 0.3) is 5.69 Å². The molecule has 0 aromatic heterocycles. The molecule has 0 aliphatic carbocycles. The maximum atomic E-state index is 11.1. The first-order chi connectivity index (χ1) is 10.5. The zero-order valence-corrected chi connectivity index (χ0v) is 11.6. The van der Waals surface area contributed by atoms with E-state index in [2.05, 4.69) is 10.6 Å². The van der Waals surface area contributed by atoms with E-state index < -0.39 is 11.0 Å². The number of hydrogen-bond donors (Lipinski definition) is 3. The van der Waals surface area contributed by atoms with Gasteiger partial charge in [-0.2, -0.15) is 0 Å². The highest BCUT2D eigenvalue weighted by Gasteiger charge is 2.15. The summed E-state index contributed by atoms with van der Waals surface area (Å²) < 4.78 is 4.97. The predicted octanol–water partition coefficient (Wildman–Crippen LogP) is 3.44. The summed E-state index contributed by atoms with van der Waals surface area (Å²) in [7, 11) is 1.42. The third kappa shape index (κ3) is 3.63. The molecule has 114 valence electrons. The smallest absolute Gasteiger partial charge is 0.409 e. The highest BCUT2D eigenvalue weighted by molar-refractivity contribution is 5.84. The van der Waals surface area contributed by atoms with Crippen LogP contribution in [-0.2, 0) is 0 Å². The molecule has 0 saturated carbocycles. The van der Waals surface area contributed by atoms with E-state index in [4.69, 9.17) is 9.84 Å². The van der Waals surface area contributed by atoms with Gasteiger partial charge >= 0.3 is 6.09 Å². The lowest BCUT2D eigenvalue weighted by atomic mass is 10.2. The summed E-state index contributed by atoms with van der Waals surface area (Å²) in [5, 5.41) is 24.9. The van der Waals surface area contributed by atoms with Crippen molar-refractivity contribution < 1.29 is 19.6 Å². The van der Waals surface area contributed by atoms with Crippen molar-refractivity contribution in [2.24, 2.45) is 0 Å². The lowest BCUT2D eigenvalue weighted by Gasteiger charge is -2.10. The van der Waals surface area contributed by atoms with Crippen LogP contribution in [-0.4, -0.2) is 23.2 Å². The van der Waals surface area contributed by atoms with Crippen LogP contribution in [0.25, 0.3) is 0 Å². The second-order valence-electron chi connectivity index (χ2n) is 4.28. The van der Waals surface area contributed by atoms with Gasteiger partial charge in [-0.05, 0) is 30.3 Å². The summed E-state index contributed by atoms with van der Waals surface area (Å²) in [6, 6.07) is 10.8. The Labute approximate surface area is 125 Å². The Morgan fingerprint density at radius 3 is 2.59 bits per heavy atom. The van der Waals surface area contributed by atoms with Crippen molar-refractivity contribution in [1.29, 1.82) is 0 Å². The molecular weight excluding hydrogens is 290 g/mol. The first kappa shape index (κ1) is 15.1. The van der Waals surface area contributed by atoms with Gasteiger partial charge in [-0.15, -0.1) is 0 Å². The van der Waals surface area contributed by atoms with E-state index in [-0.39, 0.29) is 11.4 Å². The fourth-order valence-electron chi connectivity index (χ4n) is 1.85. The second kappa shape index (κ2) is 6.44. The standard InChI is InChI=1S/C14H13N3O5/c1-22-11-5-6-12(13(8-11)17(20)21)15-9-3-2-4-10(7-9)16-14(18)19/h2-8,15-16H,1H3,(H,18,19). The van der Waals surface area contributed by atoms with Crippen molar-refractivity contribution in [2.75, 3.05) is 17.7 Å². The number of carbonyl (C=O) groups is 1. The number of nitro groups is 1. The minimum atomic E-state index is -1.19. The second-order valence-corrected chi connectivity index (χ2v) is 4.28.